The van der Waals surface area contributed by atoms with Gasteiger partial charge in [0.05, 0.1) is 16.8 Å². The summed E-state index contributed by atoms with van der Waals surface area (Å²) in [4.78, 5) is 24.5. The predicted molar refractivity (Wildman–Crippen MR) is 118 cm³/mol. The van der Waals surface area contributed by atoms with Crippen LogP contribution in [0.1, 0.15) is 34.8 Å². The lowest BCUT2D eigenvalue weighted by atomic mass is 10.1. The standard InChI is InChI=1S/C22H23N5O2S/c1-13-7-8-17-18(11-13)25-22(24-17)30-12-19-26-21(29-27-19)10-9-20(28)23-16-6-4-5-14(2)15(16)3/h4-8,11H,9-10,12H2,1-3H3,(H,23,28)(H,24,25). The van der Waals surface area contributed by atoms with Crippen LogP contribution in [0.15, 0.2) is 46.1 Å². The second kappa shape index (κ2) is 8.71. The summed E-state index contributed by atoms with van der Waals surface area (Å²) in [6.45, 7) is 6.07. The topological polar surface area (TPSA) is 96.7 Å². The molecule has 30 heavy (non-hydrogen) atoms. The number of carbonyl (C=O) groups excluding carboxylic acids is 1. The smallest absolute Gasteiger partial charge is 0.227 e. The zero-order chi connectivity index (χ0) is 21.1. The van der Waals surface area contributed by atoms with Crippen molar-refractivity contribution in [2.24, 2.45) is 0 Å². The molecule has 1 amide bonds. The maximum Gasteiger partial charge on any atom is 0.227 e. The number of imidazole rings is 1. The second-order valence-electron chi connectivity index (χ2n) is 7.25. The Balaban J connectivity index is 1.29. The van der Waals surface area contributed by atoms with Crippen molar-refractivity contribution >= 4 is 34.4 Å². The third kappa shape index (κ3) is 4.71. The monoisotopic (exact) mass is 421 g/mol. The Hall–Kier alpha value is -3.13. The first-order chi connectivity index (χ1) is 14.5. The van der Waals surface area contributed by atoms with Gasteiger partial charge in [0.25, 0.3) is 0 Å². The van der Waals surface area contributed by atoms with Crippen LogP contribution in [0.2, 0.25) is 0 Å². The van der Waals surface area contributed by atoms with Crippen molar-refractivity contribution in [1.82, 2.24) is 20.1 Å². The molecule has 0 fully saturated rings. The Bertz CT molecular complexity index is 1200. The quantitative estimate of drug-likeness (QED) is 0.419. The minimum atomic E-state index is -0.0737. The summed E-state index contributed by atoms with van der Waals surface area (Å²) in [5, 5.41) is 7.77. The summed E-state index contributed by atoms with van der Waals surface area (Å²) < 4.78 is 5.29. The van der Waals surface area contributed by atoms with Crippen molar-refractivity contribution in [3.05, 3.63) is 64.8 Å². The number of hydrogen-bond donors (Lipinski definition) is 2. The van der Waals surface area contributed by atoms with Crippen molar-refractivity contribution in [3.8, 4) is 0 Å². The molecule has 8 heteroatoms. The SMILES string of the molecule is Cc1ccc2nc(SCc3noc(CCC(=O)Nc4cccc(C)c4C)n3)[nH]c2c1. The van der Waals surface area contributed by atoms with Gasteiger partial charge in [-0.3, -0.25) is 4.79 Å². The summed E-state index contributed by atoms with van der Waals surface area (Å²) in [6.07, 6.45) is 0.684. The number of anilines is 1. The average Bonchev–Trinajstić information content (AvgIpc) is 3.34. The highest BCUT2D eigenvalue weighted by Crippen LogP contribution is 2.23. The number of aromatic nitrogens is 4. The number of amides is 1. The number of aryl methyl sites for hydroxylation is 3. The van der Waals surface area contributed by atoms with E-state index in [9.17, 15) is 4.79 Å². The van der Waals surface area contributed by atoms with Gasteiger partial charge in [0.1, 0.15) is 0 Å². The molecule has 0 aliphatic heterocycles. The minimum Gasteiger partial charge on any atom is -0.339 e. The van der Waals surface area contributed by atoms with E-state index in [0.717, 1.165) is 33.0 Å². The Morgan fingerprint density at radius 3 is 2.90 bits per heavy atom. The maximum absolute atomic E-state index is 12.3. The third-order valence-corrected chi connectivity index (χ3v) is 5.78. The number of aromatic amines is 1. The molecule has 2 heterocycles. The highest BCUT2D eigenvalue weighted by molar-refractivity contribution is 7.98. The van der Waals surface area contributed by atoms with Gasteiger partial charge in [-0.2, -0.15) is 4.98 Å². The molecular formula is C22H23N5O2S. The van der Waals surface area contributed by atoms with Crippen molar-refractivity contribution in [1.29, 1.82) is 0 Å². The maximum atomic E-state index is 12.3. The molecule has 0 saturated carbocycles. The Morgan fingerprint density at radius 1 is 1.17 bits per heavy atom. The molecule has 2 aromatic carbocycles. The van der Waals surface area contributed by atoms with Gasteiger partial charge in [0.2, 0.25) is 11.8 Å². The molecular weight excluding hydrogens is 398 g/mol. The van der Waals surface area contributed by atoms with Crippen LogP contribution in [0.3, 0.4) is 0 Å². The van der Waals surface area contributed by atoms with E-state index in [1.54, 1.807) is 0 Å². The summed E-state index contributed by atoms with van der Waals surface area (Å²) >= 11 is 1.52. The zero-order valence-electron chi connectivity index (χ0n) is 17.2. The number of nitrogens with one attached hydrogen (secondary N) is 2. The number of H-pyrrole nitrogens is 1. The molecule has 2 N–H and O–H groups in total. The number of thioether (sulfide) groups is 1. The average molecular weight is 422 g/mol. The van der Waals surface area contributed by atoms with Crippen LogP contribution in [0, 0.1) is 20.8 Å². The normalized spacial score (nSPS) is 11.2. The molecule has 0 saturated heterocycles. The Morgan fingerprint density at radius 2 is 2.03 bits per heavy atom. The van der Waals surface area contributed by atoms with Gasteiger partial charge < -0.3 is 14.8 Å². The van der Waals surface area contributed by atoms with Gasteiger partial charge >= 0.3 is 0 Å². The van der Waals surface area contributed by atoms with Gasteiger partial charge in [-0.25, -0.2) is 4.98 Å². The Kier molecular flexibility index (Phi) is 5.85. The van der Waals surface area contributed by atoms with E-state index in [1.165, 1.54) is 17.3 Å². The van der Waals surface area contributed by atoms with Crippen LogP contribution in [0.5, 0.6) is 0 Å². The molecule has 2 aromatic heterocycles. The van der Waals surface area contributed by atoms with Gasteiger partial charge in [-0.1, -0.05) is 35.1 Å². The van der Waals surface area contributed by atoms with Gasteiger partial charge in [0.15, 0.2) is 11.0 Å². The molecule has 0 aliphatic carbocycles. The van der Waals surface area contributed by atoms with Crippen molar-refractivity contribution in [2.75, 3.05) is 5.32 Å². The molecule has 0 bridgehead atoms. The second-order valence-corrected chi connectivity index (χ2v) is 8.22. The lowest BCUT2D eigenvalue weighted by Crippen LogP contribution is -2.13. The van der Waals surface area contributed by atoms with Gasteiger partial charge in [-0.05, 0) is 55.7 Å². The molecule has 154 valence electrons. The van der Waals surface area contributed by atoms with Crippen LogP contribution in [-0.2, 0) is 17.0 Å². The fourth-order valence-electron chi connectivity index (χ4n) is 3.07. The van der Waals surface area contributed by atoms with Crippen molar-refractivity contribution in [3.63, 3.8) is 0 Å². The molecule has 7 nitrogen and oxygen atoms in total. The number of hydrogen-bond acceptors (Lipinski definition) is 6. The number of nitrogens with zero attached hydrogens (tertiary/aromatic N) is 3. The molecule has 0 unspecified atom stereocenters. The largest absolute Gasteiger partial charge is 0.339 e. The summed E-state index contributed by atoms with van der Waals surface area (Å²) in [6, 6.07) is 12.0. The van der Waals surface area contributed by atoms with Crippen LogP contribution in [0.25, 0.3) is 11.0 Å². The summed E-state index contributed by atoms with van der Waals surface area (Å²) in [5.41, 5.74) is 6.19. The predicted octanol–water partition coefficient (Wildman–Crippen LogP) is 4.73. The van der Waals surface area contributed by atoms with Gasteiger partial charge in [0, 0.05) is 18.5 Å². The first-order valence-corrected chi connectivity index (χ1v) is 10.7. The van der Waals surface area contributed by atoms with Gasteiger partial charge in [-0.15, -0.1) is 0 Å². The van der Waals surface area contributed by atoms with E-state index in [4.69, 9.17) is 4.52 Å². The summed E-state index contributed by atoms with van der Waals surface area (Å²) in [7, 11) is 0. The van der Waals surface area contributed by atoms with E-state index in [0.29, 0.717) is 23.9 Å². The Labute approximate surface area is 178 Å². The lowest BCUT2D eigenvalue weighted by molar-refractivity contribution is -0.116. The first kappa shape index (κ1) is 20.2. The highest BCUT2D eigenvalue weighted by atomic mass is 32.2. The lowest BCUT2D eigenvalue weighted by Gasteiger charge is -2.09. The minimum absolute atomic E-state index is 0.0737. The highest BCUT2D eigenvalue weighted by Gasteiger charge is 2.12. The van der Waals surface area contributed by atoms with E-state index < -0.39 is 0 Å². The van der Waals surface area contributed by atoms with Crippen molar-refractivity contribution in [2.45, 2.75) is 44.5 Å². The van der Waals surface area contributed by atoms with E-state index in [-0.39, 0.29) is 12.3 Å². The number of benzene rings is 2. The fourth-order valence-corrected chi connectivity index (χ4v) is 3.80. The molecule has 0 atom stereocenters. The van der Waals surface area contributed by atoms with Crippen LogP contribution >= 0.6 is 11.8 Å². The number of fused-ring (bicyclic) bond motifs is 1. The molecule has 0 spiro atoms. The number of carbonyl (C=O) groups is 1. The molecule has 0 aliphatic rings. The van der Waals surface area contributed by atoms with Crippen LogP contribution < -0.4 is 5.32 Å². The van der Waals surface area contributed by atoms with Crippen molar-refractivity contribution < 1.29 is 9.32 Å². The molecule has 4 rings (SSSR count). The summed E-state index contributed by atoms with van der Waals surface area (Å²) in [5.74, 6) is 1.51. The first-order valence-electron chi connectivity index (χ1n) is 9.74. The van der Waals surface area contributed by atoms with Crippen LogP contribution in [-0.4, -0.2) is 26.0 Å². The zero-order valence-corrected chi connectivity index (χ0v) is 18.0. The van der Waals surface area contributed by atoms with Crippen LogP contribution in [0.4, 0.5) is 5.69 Å². The number of rotatable bonds is 7. The fraction of sp³-hybridized carbons (Fsp3) is 0.273. The van der Waals surface area contributed by atoms with E-state index >= 15 is 0 Å². The molecule has 4 aromatic rings. The van der Waals surface area contributed by atoms with E-state index in [1.807, 2.05) is 44.2 Å². The van der Waals surface area contributed by atoms with E-state index in [2.05, 4.69) is 38.4 Å². The molecule has 0 radical (unpaired) electrons. The third-order valence-electron chi connectivity index (χ3n) is 4.91.